The predicted molar refractivity (Wildman–Crippen MR) is 135 cm³/mol. The first-order valence-electron chi connectivity index (χ1n) is 12.8. The van der Waals surface area contributed by atoms with Crippen LogP contribution < -0.4 is 4.74 Å². The summed E-state index contributed by atoms with van der Waals surface area (Å²) in [7, 11) is 1.61. The Kier molecular flexibility index (Phi) is 7.21. The molecule has 7 heteroatoms. The number of hydrogen-bond acceptors (Lipinski definition) is 5. The molecule has 0 bridgehead atoms. The van der Waals surface area contributed by atoms with Crippen LogP contribution in [0, 0.1) is 17.7 Å². The number of ether oxygens (including phenoxy) is 1. The first-order chi connectivity index (χ1) is 17.4. The second kappa shape index (κ2) is 10.5. The number of carboxylic acid groups (broad SMARTS) is 1. The van der Waals surface area contributed by atoms with E-state index in [1.54, 1.807) is 25.4 Å². The van der Waals surface area contributed by atoms with Crippen molar-refractivity contribution in [3.8, 4) is 5.75 Å². The van der Waals surface area contributed by atoms with Crippen LogP contribution in [0.15, 0.2) is 54.7 Å². The van der Waals surface area contributed by atoms with Crippen molar-refractivity contribution in [3.05, 3.63) is 71.7 Å². The van der Waals surface area contributed by atoms with Gasteiger partial charge in [0.2, 0.25) is 0 Å². The first-order valence-corrected chi connectivity index (χ1v) is 12.8. The van der Waals surface area contributed by atoms with Crippen molar-refractivity contribution < 1.29 is 24.1 Å². The maximum absolute atomic E-state index is 13.6. The van der Waals surface area contributed by atoms with E-state index in [1.165, 1.54) is 6.07 Å². The van der Waals surface area contributed by atoms with Crippen LogP contribution in [-0.4, -0.2) is 52.3 Å². The molecule has 3 atom stereocenters. The fourth-order valence-electron chi connectivity index (χ4n) is 5.99. The van der Waals surface area contributed by atoms with E-state index in [0.717, 1.165) is 47.8 Å². The van der Waals surface area contributed by atoms with Crippen LogP contribution in [0.25, 0.3) is 10.9 Å². The summed E-state index contributed by atoms with van der Waals surface area (Å²) in [6.45, 7) is 1.40. The number of hydrogen-bond donors (Lipinski definition) is 2. The highest BCUT2D eigenvalue weighted by Gasteiger charge is 2.41. The van der Waals surface area contributed by atoms with Gasteiger partial charge in [-0.05, 0) is 98.0 Å². The van der Waals surface area contributed by atoms with E-state index in [2.05, 4.69) is 9.88 Å². The van der Waals surface area contributed by atoms with Crippen molar-refractivity contribution in [2.45, 2.75) is 50.2 Å². The smallest absolute Gasteiger partial charge is 0.308 e. The number of benzene rings is 2. The van der Waals surface area contributed by atoms with Crippen molar-refractivity contribution in [2.75, 3.05) is 20.2 Å². The average molecular weight is 493 g/mol. The molecule has 6 nitrogen and oxygen atoms in total. The van der Waals surface area contributed by atoms with Crippen molar-refractivity contribution in [3.63, 3.8) is 0 Å². The van der Waals surface area contributed by atoms with Crippen LogP contribution in [-0.2, 0) is 4.79 Å². The summed E-state index contributed by atoms with van der Waals surface area (Å²) in [5.74, 6) is -0.347. The summed E-state index contributed by atoms with van der Waals surface area (Å²) < 4.78 is 18.9. The maximum atomic E-state index is 13.6. The molecular formula is C29H33FN2O4. The van der Waals surface area contributed by atoms with E-state index in [0.29, 0.717) is 37.1 Å². The van der Waals surface area contributed by atoms with E-state index in [-0.39, 0.29) is 11.7 Å². The number of fused-ring (bicyclic) bond motifs is 1. The Balaban J connectivity index is 1.19. The lowest BCUT2D eigenvalue weighted by Gasteiger charge is -2.47. The van der Waals surface area contributed by atoms with Crippen LogP contribution in [0.3, 0.4) is 0 Å². The topological polar surface area (TPSA) is 82.9 Å². The molecule has 5 rings (SSSR count). The van der Waals surface area contributed by atoms with Gasteiger partial charge in [0.05, 0.1) is 24.6 Å². The highest BCUT2D eigenvalue weighted by Crippen LogP contribution is 2.42. The zero-order chi connectivity index (χ0) is 25.2. The van der Waals surface area contributed by atoms with E-state index in [9.17, 15) is 19.4 Å². The van der Waals surface area contributed by atoms with Gasteiger partial charge in [-0.15, -0.1) is 0 Å². The Labute approximate surface area is 210 Å². The molecular weight excluding hydrogens is 459 g/mol. The van der Waals surface area contributed by atoms with Gasteiger partial charge in [0.25, 0.3) is 0 Å². The molecule has 1 aliphatic carbocycles. The number of aliphatic hydroxyl groups is 1. The molecule has 2 N–H and O–H groups in total. The monoisotopic (exact) mass is 492 g/mol. The summed E-state index contributed by atoms with van der Waals surface area (Å²) >= 11 is 0. The number of carbonyl (C=O) groups is 1. The van der Waals surface area contributed by atoms with Crippen LogP contribution in [0.1, 0.15) is 55.3 Å². The van der Waals surface area contributed by atoms with Crippen LogP contribution >= 0.6 is 0 Å². The van der Waals surface area contributed by atoms with Gasteiger partial charge in [0, 0.05) is 24.2 Å². The van der Waals surface area contributed by atoms with E-state index in [1.807, 2.05) is 30.3 Å². The number of carboxylic acids is 1. The molecule has 1 saturated carbocycles. The van der Waals surface area contributed by atoms with Crippen LogP contribution in [0.5, 0.6) is 5.75 Å². The van der Waals surface area contributed by atoms with Crippen molar-refractivity contribution >= 4 is 16.9 Å². The molecule has 3 aromatic rings. The highest BCUT2D eigenvalue weighted by molar-refractivity contribution is 5.83. The second-order valence-corrected chi connectivity index (χ2v) is 10.2. The van der Waals surface area contributed by atoms with Crippen LogP contribution in [0.2, 0.25) is 0 Å². The summed E-state index contributed by atoms with van der Waals surface area (Å²) in [5.41, 5.74) is 2.62. The molecule has 0 radical (unpaired) electrons. The number of aliphatic carboxylic acids is 1. The number of rotatable bonds is 8. The van der Waals surface area contributed by atoms with Gasteiger partial charge >= 0.3 is 5.97 Å². The molecule has 1 unspecified atom stereocenters. The standard InChI is InChI=1S/C29H33FN2O4/c1-36-23-6-7-27-25(16-23)24(9-11-31-27)28(33)8-5-18-10-12-32(17-26(18)29(34)35)22-14-20(15-22)19-3-2-4-21(30)13-19/h2-4,6-7,9,11,13,16,18,20,22,26,28,33H,5,8,10,12,14-15,17H2,1H3,(H,34,35)/t18-,20?,22?,26+,28?/m1/s1. The lowest BCUT2D eigenvalue weighted by Crippen LogP contribution is -2.52. The zero-order valence-electron chi connectivity index (χ0n) is 20.5. The molecule has 1 aromatic heterocycles. The first kappa shape index (κ1) is 24.7. The molecule has 36 heavy (non-hydrogen) atoms. The number of piperidine rings is 1. The molecule has 0 spiro atoms. The van der Waals surface area contributed by atoms with Gasteiger partial charge in [0.15, 0.2) is 0 Å². The molecule has 0 amide bonds. The lowest BCUT2D eigenvalue weighted by atomic mass is 9.73. The Morgan fingerprint density at radius 3 is 2.81 bits per heavy atom. The lowest BCUT2D eigenvalue weighted by molar-refractivity contribution is -0.147. The minimum atomic E-state index is -0.765. The number of aromatic nitrogens is 1. The van der Waals surface area contributed by atoms with Crippen molar-refractivity contribution in [2.24, 2.45) is 11.8 Å². The molecule has 2 heterocycles. The average Bonchev–Trinajstić information content (AvgIpc) is 2.86. The number of pyridine rings is 1. The molecule has 1 saturated heterocycles. The zero-order valence-corrected chi connectivity index (χ0v) is 20.5. The highest BCUT2D eigenvalue weighted by atomic mass is 19.1. The third-order valence-electron chi connectivity index (χ3n) is 8.21. The molecule has 2 aliphatic rings. The van der Waals surface area contributed by atoms with Gasteiger partial charge in [-0.2, -0.15) is 0 Å². The Bertz CT molecular complexity index is 1230. The van der Waals surface area contributed by atoms with Gasteiger partial charge in [0.1, 0.15) is 11.6 Å². The number of halogens is 1. The molecule has 2 aromatic carbocycles. The number of methoxy groups -OCH3 is 1. The maximum Gasteiger partial charge on any atom is 0.308 e. The predicted octanol–water partition coefficient (Wildman–Crippen LogP) is 5.17. The minimum Gasteiger partial charge on any atom is -0.497 e. The Morgan fingerprint density at radius 1 is 1.22 bits per heavy atom. The van der Waals surface area contributed by atoms with Gasteiger partial charge in [-0.3, -0.25) is 14.7 Å². The second-order valence-electron chi connectivity index (χ2n) is 10.2. The molecule has 2 fully saturated rings. The third-order valence-corrected chi connectivity index (χ3v) is 8.21. The normalized spacial score (nSPS) is 25.3. The summed E-state index contributed by atoms with van der Waals surface area (Å²) in [6, 6.07) is 14.6. The Hall–Kier alpha value is -3.03. The third kappa shape index (κ3) is 5.08. The Morgan fingerprint density at radius 2 is 2.06 bits per heavy atom. The summed E-state index contributed by atoms with van der Waals surface area (Å²) in [6.07, 6.45) is 4.83. The number of nitrogens with zero attached hydrogens (tertiary/aromatic N) is 2. The number of likely N-dealkylation sites (tertiary alicyclic amines) is 1. The largest absolute Gasteiger partial charge is 0.497 e. The van der Waals surface area contributed by atoms with Gasteiger partial charge in [-0.25, -0.2) is 4.39 Å². The summed E-state index contributed by atoms with van der Waals surface area (Å²) in [4.78, 5) is 18.9. The van der Waals surface area contributed by atoms with E-state index < -0.39 is 18.0 Å². The van der Waals surface area contributed by atoms with Crippen LogP contribution in [0.4, 0.5) is 4.39 Å². The fraction of sp³-hybridized carbons (Fsp3) is 0.448. The van der Waals surface area contributed by atoms with Crippen molar-refractivity contribution in [1.82, 2.24) is 9.88 Å². The molecule has 190 valence electrons. The van der Waals surface area contributed by atoms with Gasteiger partial charge < -0.3 is 14.9 Å². The minimum absolute atomic E-state index is 0.0233. The number of aliphatic hydroxyl groups excluding tert-OH is 1. The van der Waals surface area contributed by atoms with Gasteiger partial charge in [-0.1, -0.05) is 12.1 Å². The van der Waals surface area contributed by atoms with Crippen molar-refractivity contribution in [1.29, 1.82) is 0 Å². The van der Waals surface area contributed by atoms with E-state index >= 15 is 0 Å². The summed E-state index contributed by atoms with van der Waals surface area (Å²) in [5, 5.41) is 21.9. The van der Waals surface area contributed by atoms with E-state index in [4.69, 9.17) is 4.74 Å². The quantitative estimate of drug-likeness (QED) is 0.452. The molecule has 1 aliphatic heterocycles. The fourth-order valence-corrected chi connectivity index (χ4v) is 5.99. The SMILES string of the molecule is COc1ccc2nccc(C(O)CC[C@@H]3CCN(C4CC(c5cccc(F)c5)C4)C[C@@H]3C(=O)O)c2c1.